The van der Waals surface area contributed by atoms with E-state index < -0.39 is 0 Å². The molecule has 10 nitrogen and oxygen atoms in total. The lowest BCUT2D eigenvalue weighted by molar-refractivity contribution is -0.126. The van der Waals surface area contributed by atoms with Crippen molar-refractivity contribution in [2.45, 2.75) is 32.2 Å². The van der Waals surface area contributed by atoms with Crippen molar-refractivity contribution in [2.24, 2.45) is 0 Å². The average Bonchev–Trinajstić information content (AvgIpc) is 3.59. The van der Waals surface area contributed by atoms with Gasteiger partial charge in [0.25, 0.3) is 0 Å². The third kappa shape index (κ3) is 4.49. The topological polar surface area (TPSA) is 99.7 Å². The molecule has 6 rings (SSSR count). The van der Waals surface area contributed by atoms with Crippen molar-refractivity contribution < 1.29 is 14.3 Å². The van der Waals surface area contributed by atoms with E-state index in [1.54, 1.807) is 0 Å². The van der Waals surface area contributed by atoms with Gasteiger partial charge in [-0.1, -0.05) is 12.6 Å². The normalized spacial score (nSPS) is 19.7. The van der Waals surface area contributed by atoms with E-state index in [9.17, 15) is 4.79 Å². The molecule has 1 N–H and O–H groups in total. The highest BCUT2D eigenvalue weighted by atomic mass is 16.5. The molecule has 2 fully saturated rings. The van der Waals surface area contributed by atoms with Gasteiger partial charge in [-0.15, -0.1) is 0 Å². The summed E-state index contributed by atoms with van der Waals surface area (Å²) in [6.45, 7) is 9.85. The van der Waals surface area contributed by atoms with Crippen molar-refractivity contribution in [2.75, 3.05) is 51.3 Å². The number of benzene rings is 1. The number of carbonyl (C=O) groups is 1. The zero-order chi connectivity index (χ0) is 26.2. The zero-order valence-electron chi connectivity index (χ0n) is 21.9. The Morgan fingerprint density at radius 2 is 2.08 bits per heavy atom. The molecule has 5 heterocycles. The van der Waals surface area contributed by atoms with Gasteiger partial charge in [0.2, 0.25) is 11.8 Å². The van der Waals surface area contributed by atoms with Crippen molar-refractivity contribution in [3.05, 3.63) is 53.8 Å². The van der Waals surface area contributed by atoms with E-state index in [4.69, 9.17) is 19.4 Å². The number of anilines is 1. The lowest BCUT2D eigenvalue weighted by atomic mass is 10.00. The van der Waals surface area contributed by atoms with Crippen molar-refractivity contribution in [1.82, 2.24) is 30.0 Å². The van der Waals surface area contributed by atoms with Crippen LogP contribution in [0, 0.1) is 6.92 Å². The summed E-state index contributed by atoms with van der Waals surface area (Å²) < 4.78 is 12.7. The number of aromatic nitrogens is 4. The number of hydrogen-bond acceptors (Lipinski definition) is 8. The molecule has 0 bridgehead atoms. The van der Waals surface area contributed by atoms with Crippen LogP contribution in [0.2, 0.25) is 0 Å². The van der Waals surface area contributed by atoms with E-state index in [1.165, 1.54) is 12.5 Å². The molecule has 1 aromatic carbocycles. The minimum atomic E-state index is -0.0428. The van der Waals surface area contributed by atoms with Crippen LogP contribution in [0.3, 0.4) is 0 Å². The van der Waals surface area contributed by atoms with Crippen LogP contribution in [0.1, 0.15) is 29.5 Å². The second-order valence-electron chi connectivity index (χ2n) is 10.2. The lowest BCUT2D eigenvalue weighted by Gasteiger charge is -2.36. The zero-order valence-corrected chi connectivity index (χ0v) is 21.9. The first-order valence-corrected chi connectivity index (χ1v) is 13.2. The van der Waals surface area contributed by atoms with Crippen molar-refractivity contribution in [1.29, 1.82) is 0 Å². The second-order valence-corrected chi connectivity index (χ2v) is 10.2. The Bertz CT molecular complexity index is 1410. The summed E-state index contributed by atoms with van der Waals surface area (Å²) in [5.74, 6) is 2.05. The molecule has 1 unspecified atom stereocenters. The summed E-state index contributed by atoms with van der Waals surface area (Å²) in [6, 6.07) is 4.77. The summed E-state index contributed by atoms with van der Waals surface area (Å²) in [6.07, 6.45) is 8.20. The number of carbonyl (C=O) groups excluding carboxylic acids is 1. The molecular formula is C28H33N7O3. The highest BCUT2D eigenvalue weighted by Gasteiger charge is 2.29. The van der Waals surface area contributed by atoms with Gasteiger partial charge in [0.1, 0.15) is 18.2 Å². The average molecular weight is 516 g/mol. The molecule has 1 amide bonds. The molecule has 0 radical (unpaired) electrons. The smallest absolute Gasteiger partial charge is 0.321 e. The molecule has 2 aromatic heterocycles. The maximum Gasteiger partial charge on any atom is 0.321 e. The molecule has 3 aromatic rings. The molecule has 3 aliphatic heterocycles. The molecule has 38 heavy (non-hydrogen) atoms. The van der Waals surface area contributed by atoms with Gasteiger partial charge in [0.05, 0.1) is 17.3 Å². The largest absolute Gasteiger partial charge is 0.462 e. The summed E-state index contributed by atoms with van der Waals surface area (Å²) in [4.78, 5) is 28.1. The number of amides is 1. The fourth-order valence-electron chi connectivity index (χ4n) is 5.60. The van der Waals surface area contributed by atoms with Crippen molar-refractivity contribution >= 4 is 28.4 Å². The molecular weight excluding hydrogens is 482 g/mol. The van der Waals surface area contributed by atoms with Crippen LogP contribution in [0.15, 0.2) is 37.1 Å². The van der Waals surface area contributed by atoms with Crippen LogP contribution in [0.25, 0.3) is 16.7 Å². The summed E-state index contributed by atoms with van der Waals surface area (Å²) in [7, 11) is 2.13. The predicted molar refractivity (Wildman–Crippen MR) is 145 cm³/mol. The monoisotopic (exact) mass is 515 g/mol. The number of likely N-dealkylation sites (N-methyl/N-ethyl adjacent to an activating group) is 1. The highest BCUT2D eigenvalue weighted by Crippen LogP contribution is 2.38. The quantitative estimate of drug-likeness (QED) is 0.501. The van der Waals surface area contributed by atoms with Crippen molar-refractivity contribution in [3.63, 3.8) is 0 Å². The Hall–Kier alpha value is -3.92. The molecule has 3 aliphatic rings. The van der Waals surface area contributed by atoms with Gasteiger partial charge < -0.3 is 24.2 Å². The van der Waals surface area contributed by atoms with Crippen LogP contribution in [-0.2, 0) is 11.2 Å². The van der Waals surface area contributed by atoms with Crippen LogP contribution < -0.4 is 14.4 Å². The Labute approximate surface area is 221 Å². The lowest BCUT2D eigenvalue weighted by Crippen LogP contribution is -2.49. The number of ether oxygens (including phenoxy) is 2. The van der Waals surface area contributed by atoms with Gasteiger partial charge in [-0.05, 0) is 57.1 Å². The van der Waals surface area contributed by atoms with Gasteiger partial charge in [-0.25, -0.2) is 0 Å². The third-order valence-electron chi connectivity index (χ3n) is 7.85. The fraction of sp³-hybridized carbons (Fsp3) is 0.429. The third-order valence-corrected chi connectivity index (χ3v) is 7.85. The number of H-pyrrole nitrogens is 1. The molecule has 1 atom stereocenters. The standard InChI is InChI=1S/C28H33N7O3/c1-4-24(36)34-12-14-35(15-13-34)26-20-8-10-23(25-18(2)7-9-22-21(25)16-29-32-22)38-27(20)31-28(30-26)37-17-19-6-5-11-33(19)3/h4,7,9-10,16,19H,1,5-6,8,11-15,17H2,2-3H3,(H,29,32). The maximum atomic E-state index is 12.1. The first kappa shape index (κ1) is 24.4. The molecule has 10 heteroatoms. The number of fused-ring (bicyclic) bond motifs is 2. The number of allylic oxidation sites excluding steroid dienone is 1. The Morgan fingerprint density at radius 1 is 1.24 bits per heavy atom. The fourth-order valence-corrected chi connectivity index (χ4v) is 5.60. The number of rotatable bonds is 6. The molecule has 0 aliphatic carbocycles. The van der Waals surface area contributed by atoms with E-state index in [0.717, 1.165) is 52.1 Å². The minimum absolute atomic E-state index is 0.0428. The molecule has 198 valence electrons. The van der Waals surface area contributed by atoms with E-state index in [0.29, 0.717) is 57.1 Å². The number of likely N-dealkylation sites (tertiary alicyclic amines) is 1. The first-order valence-electron chi connectivity index (χ1n) is 13.2. The summed E-state index contributed by atoms with van der Waals surface area (Å²) >= 11 is 0. The van der Waals surface area contributed by atoms with Gasteiger partial charge in [-0.2, -0.15) is 15.1 Å². The van der Waals surface area contributed by atoms with Gasteiger partial charge >= 0.3 is 6.01 Å². The SMILES string of the molecule is C=CC(=O)N1CCN(c2nc(OCC3CCCN3C)nc3c2CC=C(c2c(C)ccc4[nH]ncc24)O3)CC1. The Balaban J connectivity index is 1.32. The Kier molecular flexibility index (Phi) is 6.49. The number of nitrogens with one attached hydrogen (secondary N) is 1. The van der Waals surface area contributed by atoms with Crippen molar-refractivity contribution in [3.8, 4) is 11.9 Å². The van der Waals surface area contributed by atoms with Crippen LogP contribution in [0.4, 0.5) is 5.82 Å². The maximum absolute atomic E-state index is 12.1. The molecule has 2 saturated heterocycles. The minimum Gasteiger partial charge on any atom is -0.462 e. The van der Waals surface area contributed by atoms with Crippen LogP contribution in [0.5, 0.6) is 11.9 Å². The van der Waals surface area contributed by atoms with E-state index in [2.05, 4.69) is 52.7 Å². The number of hydrogen-bond donors (Lipinski definition) is 1. The van der Waals surface area contributed by atoms with Gasteiger partial charge in [0.15, 0.2) is 0 Å². The highest BCUT2D eigenvalue weighted by molar-refractivity contribution is 5.92. The van der Waals surface area contributed by atoms with Gasteiger partial charge in [0, 0.05) is 49.6 Å². The first-order chi connectivity index (χ1) is 18.5. The second kappa shape index (κ2) is 10.1. The number of aromatic amines is 1. The van der Waals surface area contributed by atoms with Gasteiger partial charge in [-0.3, -0.25) is 9.89 Å². The van der Waals surface area contributed by atoms with E-state index in [1.807, 2.05) is 17.2 Å². The summed E-state index contributed by atoms with van der Waals surface area (Å²) in [5, 5.41) is 8.28. The summed E-state index contributed by atoms with van der Waals surface area (Å²) in [5.41, 5.74) is 4.00. The number of aryl methyl sites for hydroxylation is 1. The predicted octanol–water partition coefficient (Wildman–Crippen LogP) is 2.94. The molecule has 0 spiro atoms. The van der Waals surface area contributed by atoms with Crippen LogP contribution >= 0.6 is 0 Å². The van der Waals surface area contributed by atoms with E-state index in [-0.39, 0.29) is 5.91 Å². The Morgan fingerprint density at radius 3 is 2.84 bits per heavy atom. The number of nitrogens with zero attached hydrogens (tertiary/aromatic N) is 6. The van der Waals surface area contributed by atoms with Crippen LogP contribution in [-0.4, -0.2) is 88.3 Å². The van der Waals surface area contributed by atoms with E-state index >= 15 is 0 Å². The number of piperazine rings is 1. The molecule has 0 saturated carbocycles.